The second-order valence-corrected chi connectivity index (χ2v) is 6.57. The van der Waals surface area contributed by atoms with Crippen molar-refractivity contribution in [3.8, 4) is 11.1 Å². The first-order chi connectivity index (χ1) is 12.0. The number of carbonyl (C=O) groups excluding carboxylic acids is 1. The Balaban J connectivity index is 2.05. The van der Waals surface area contributed by atoms with Crippen LogP contribution in [0.2, 0.25) is 0 Å². The zero-order valence-electron chi connectivity index (χ0n) is 15.5. The second kappa shape index (κ2) is 7.10. The second-order valence-electron chi connectivity index (χ2n) is 6.57. The first-order valence-electron chi connectivity index (χ1n) is 8.94. The number of rotatable bonds is 4. The summed E-state index contributed by atoms with van der Waals surface area (Å²) in [4.78, 5) is 14.7. The van der Waals surface area contributed by atoms with E-state index in [1.165, 1.54) is 16.3 Å². The molecule has 1 amide bonds. The quantitative estimate of drug-likeness (QED) is 0.609. The average molecular weight is 331 g/mol. The molecule has 0 saturated carbocycles. The Bertz CT molecular complexity index is 923. The Kier molecular flexibility index (Phi) is 4.89. The molecule has 0 radical (unpaired) electrons. The number of aryl methyl sites for hydroxylation is 2. The van der Waals surface area contributed by atoms with E-state index in [1.54, 1.807) is 0 Å². The largest absolute Gasteiger partial charge is 0.339 e. The standard InChI is InChI=1S/C23H25NO/c1-5-24(6-2)23(25)22-15-21(10-8-17(22)4)20-12-11-18-13-16(3)7-9-19(18)14-20/h7-15H,5-6H2,1-4H3. The lowest BCUT2D eigenvalue weighted by molar-refractivity contribution is 0.0772. The molecule has 25 heavy (non-hydrogen) atoms. The number of amides is 1. The van der Waals surface area contributed by atoms with Gasteiger partial charge in [-0.1, -0.05) is 48.0 Å². The first kappa shape index (κ1) is 17.2. The van der Waals surface area contributed by atoms with Gasteiger partial charge in [0.1, 0.15) is 0 Å². The highest BCUT2D eigenvalue weighted by atomic mass is 16.2. The zero-order valence-corrected chi connectivity index (χ0v) is 15.5. The zero-order chi connectivity index (χ0) is 18.0. The van der Waals surface area contributed by atoms with Gasteiger partial charge < -0.3 is 4.90 Å². The smallest absolute Gasteiger partial charge is 0.254 e. The van der Waals surface area contributed by atoms with Crippen molar-refractivity contribution in [2.24, 2.45) is 0 Å². The summed E-state index contributed by atoms with van der Waals surface area (Å²) >= 11 is 0. The van der Waals surface area contributed by atoms with Gasteiger partial charge in [0.2, 0.25) is 0 Å². The van der Waals surface area contributed by atoms with Gasteiger partial charge in [-0.25, -0.2) is 0 Å². The van der Waals surface area contributed by atoms with Crippen molar-refractivity contribution in [2.45, 2.75) is 27.7 Å². The summed E-state index contributed by atoms with van der Waals surface area (Å²) in [5.74, 6) is 0.112. The van der Waals surface area contributed by atoms with Crippen molar-refractivity contribution in [2.75, 3.05) is 13.1 Å². The minimum atomic E-state index is 0.112. The molecule has 0 unspecified atom stereocenters. The first-order valence-corrected chi connectivity index (χ1v) is 8.94. The molecule has 0 spiro atoms. The number of carbonyl (C=O) groups is 1. The van der Waals surface area contributed by atoms with Crippen molar-refractivity contribution in [3.05, 3.63) is 71.3 Å². The molecule has 0 fully saturated rings. The van der Waals surface area contributed by atoms with Gasteiger partial charge in [-0.05, 0) is 67.3 Å². The third-order valence-corrected chi connectivity index (χ3v) is 4.85. The highest BCUT2D eigenvalue weighted by Crippen LogP contribution is 2.27. The summed E-state index contributed by atoms with van der Waals surface area (Å²) in [7, 11) is 0. The van der Waals surface area contributed by atoms with Crippen LogP contribution in [0.25, 0.3) is 21.9 Å². The fourth-order valence-electron chi connectivity index (χ4n) is 3.26. The predicted octanol–water partition coefficient (Wildman–Crippen LogP) is 5.61. The maximum Gasteiger partial charge on any atom is 0.254 e. The van der Waals surface area contributed by atoms with Gasteiger partial charge in [-0.15, -0.1) is 0 Å². The van der Waals surface area contributed by atoms with Crippen LogP contribution in [0, 0.1) is 13.8 Å². The minimum Gasteiger partial charge on any atom is -0.339 e. The molecule has 0 aliphatic rings. The predicted molar refractivity (Wildman–Crippen MR) is 106 cm³/mol. The summed E-state index contributed by atoms with van der Waals surface area (Å²) < 4.78 is 0. The number of fused-ring (bicyclic) bond motifs is 1. The van der Waals surface area contributed by atoms with E-state index < -0.39 is 0 Å². The van der Waals surface area contributed by atoms with Crippen LogP contribution in [-0.4, -0.2) is 23.9 Å². The van der Waals surface area contributed by atoms with Gasteiger partial charge in [0, 0.05) is 18.7 Å². The van der Waals surface area contributed by atoms with E-state index in [4.69, 9.17) is 0 Å². The van der Waals surface area contributed by atoms with Gasteiger partial charge in [-0.2, -0.15) is 0 Å². The molecule has 0 heterocycles. The molecule has 0 aliphatic carbocycles. The lowest BCUT2D eigenvalue weighted by Gasteiger charge is -2.20. The summed E-state index contributed by atoms with van der Waals surface area (Å²) in [6.07, 6.45) is 0. The molecular formula is C23H25NO. The molecule has 2 nitrogen and oxygen atoms in total. The van der Waals surface area contributed by atoms with Crippen molar-refractivity contribution in [1.82, 2.24) is 4.90 Å². The van der Waals surface area contributed by atoms with Gasteiger partial charge >= 0.3 is 0 Å². The molecule has 0 saturated heterocycles. The highest BCUT2D eigenvalue weighted by Gasteiger charge is 2.15. The van der Waals surface area contributed by atoms with E-state index in [-0.39, 0.29) is 5.91 Å². The van der Waals surface area contributed by atoms with Crippen LogP contribution in [0.4, 0.5) is 0 Å². The third-order valence-electron chi connectivity index (χ3n) is 4.85. The molecule has 0 bridgehead atoms. The van der Waals surface area contributed by atoms with Crippen LogP contribution in [0.3, 0.4) is 0 Å². The molecular weight excluding hydrogens is 306 g/mol. The topological polar surface area (TPSA) is 20.3 Å². The normalized spacial score (nSPS) is 10.9. The maximum atomic E-state index is 12.8. The molecule has 0 atom stereocenters. The Morgan fingerprint density at radius 2 is 1.40 bits per heavy atom. The molecule has 3 aromatic carbocycles. The maximum absolute atomic E-state index is 12.8. The lowest BCUT2D eigenvalue weighted by atomic mass is 9.96. The fourth-order valence-corrected chi connectivity index (χ4v) is 3.26. The number of nitrogens with zero attached hydrogens (tertiary/aromatic N) is 1. The molecule has 128 valence electrons. The van der Waals surface area contributed by atoms with E-state index in [1.807, 2.05) is 37.8 Å². The molecule has 3 aromatic rings. The Morgan fingerprint density at radius 3 is 2.12 bits per heavy atom. The van der Waals surface area contributed by atoms with E-state index in [2.05, 4.69) is 49.4 Å². The van der Waals surface area contributed by atoms with Gasteiger partial charge in [0.05, 0.1) is 0 Å². The number of benzene rings is 3. The van der Waals surface area contributed by atoms with E-state index >= 15 is 0 Å². The van der Waals surface area contributed by atoms with Gasteiger partial charge in [0.15, 0.2) is 0 Å². The van der Waals surface area contributed by atoms with Crippen LogP contribution >= 0.6 is 0 Å². The van der Waals surface area contributed by atoms with Gasteiger partial charge in [-0.3, -0.25) is 4.79 Å². The van der Waals surface area contributed by atoms with E-state index in [0.29, 0.717) is 0 Å². The van der Waals surface area contributed by atoms with Gasteiger partial charge in [0.25, 0.3) is 5.91 Å². The Morgan fingerprint density at radius 1 is 0.800 bits per heavy atom. The van der Waals surface area contributed by atoms with Crippen LogP contribution < -0.4 is 0 Å². The summed E-state index contributed by atoms with van der Waals surface area (Å²) in [5.41, 5.74) is 5.32. The number of hydrogen-bond donors (Lipinski definition) is 0. The fraction of sp³-hybridized carbons (Fsp3) is 0.261. The average Bonchev–Trinajstić information content (AvgIpc) is 2.62. The van der Waals surface area contributed by atoms with Crippen LogP contribution in [0.5, 0.6) is 0 Å². The molecule has 0 aliphatic heterocycles. The molecule has 3 rings (SSSR count). The molecule has 0 aromatic heterocycles. The Labute approximate surface area is 150 Å². The highest BCUT2D eigenvalue weighted by molar-refractivity contribution is 5.97. The number of hydrogen-bond acceptors (Lipinski definition) is 1. The van der Waals surface area contributed by atoms with Crippen LogP contribution in [0.1, 0.15) is 35.3 Å². The minimum absolute atomic E-state index is 0.112. The Hall–Kier alpha value is -2.61. The van der Waals surface area contributed by atoms with Crippen LogP contribution in [-0.2, 0) is 0 Å². The van der Waals surface area contributed by atoms with Crippen molar-refractivity contribution in [3.63, 3.8) is 0 Å². The summed E-state index contributed by atoms with van der Waals surface area (Å²) in [6, 6.07) is 19.2. The van der Waals surface area contributed by atoms with Crippen molar-refractivity contribution in [1.29, 1.82) is 0 Å². The van der Waals surface area contributed by atoms with Crippen LogP contribution in [0.15, 0.2) is 54.6 Å². The summed E-state index contributed by atoms with van der Waals surface area (Å²) in [5, 5.41) is 2.47. The van der Waals surface area contributed by atoms with Crippen molar-refractivity contribution < 1.29 is 4.79 Å². The third kappa shape index (κ3) is 3.43. The summed E-state index contributed by atoms with van der Waals surface area (Å²) in [6.45, 7) is 9.61. The molecule has 0 N–H and O–H groups in total. The van der Waals surface area contributed by atoms with Crippen molar-refractivity contribution >= 4 is 16.7 Å². The lowest BCUT2D eigenvalue weighted by Crippen LogP contribution is -2.31. The van der Waals surface area contributed by atoms with E-state index in [0.717, 1.165) is 35.3 Å². The van der Waals surface area contributed by atoms with E-state index in [9.17, 15) is 4.79 Å². The molecule has 2 heteroatoms. The monoisotopic (exact) mass is 331 g/mol. The SMILES string of the molecule is CCN(CC)C(=O)c1cc(-c2ccc3cc(C)ccc3c2)ccc1C.